The molecule has 2 N–H and O–H groups in total. The van der Waals surface area contributed by atoms with Gasteiger partial charge >= 0.3 is 5.97 Å². The van der Waals surface area contributed by atoms with Gasteiger partial charge in [0.05, 0.1) is 12.2 Å². The average molecular weight is 250 g/mol. The molecule has 98 valence electrons. The minimum absolute atomic E-state index is 0.157. The highest BCUT2D eigenvalue weighted by Crippen LogP contribution is 2.25. The fraction of sp³-hybridized carbons (Fsp3) is 0.357. The molecule has 3 atom stereocenters. The molecular formula is C14H18O4. The smallest absolute Gasteiger partial charge is 0.302 e. The summed E-state index contributed by atoms with van der Waals surface area (Å²) in [6, 6.07) is 8.97. The maximum atomic E-state index is 10.7. The Morgan fingerprint density at radius 2 is 2.00 bits per heavy atom. The van der Waals surface area contributed by atoms with Gasteiger partial charge < -0.3 is 14.9 Å². The summed E-state index contributed by atoms with van der Waals surface area (Å²) in [5.74, 6) is -1.06. The largest absolute Gasteiger partial charge is 0.463 e. The van der Waals surface area contributed by atoms with Gasteiger partial charge in [-0.15, -0.1) is 6.58 Å². The first-order valence-corrected chi connectivity index (χ1v) is 5.73. The van der Waals surface area contributed by atoms with Crippen molar-refractivity contribution in [2.45, 2.75) is 19.1 Å². The molecule has 4 heteroatoms. The van der Waals surface area contributed by atoms with Crippen molar-refractivity contribution in [1.29, 1.82) is 0 Å². The van der Waals surface area contributed by atoms with Gasteiger partial charge in [0, 0.05) is 12.8 Å². The minimum Gasteiger partial charge on any atom is -0.463 e. The summed E-state index contributed by atoms with van der Waals surface area (Å²) in [7, 11) is 0. The molecular weight excluding hydrogens is 232 g/mol. The van der Waals surface area contributed by atoms with E-state index in [1.165, 1.54) is 13.0 Å². The molecule has 0 aliphatic rings. The molecule has 0 spiro atoms. The van der Waals surface area contributed by atoms with E-state index >= 15 is 0 Å². The van der Waals surface area contributed by atoms with Gasteiger partial charge in [0.1, 0.15) is 6.61 Å². The van der Waals surface area contributed by atoms with Crippen LogP contribution in [0.2, 0.25) is 0 Å². The highest BCUT2D eigenvalue weighted by atomic mass is 16.5. The van der Waals surface area contributed by atoms with Crippen LogP contribution in [0.3, 0.4) is 0 Å². The second-order valence-corrected chi connectivity index (χ2v) is 4.04. The number of ether oxygens (including phenoxy) is 1. The summed E-state index contributed by atoms with van der Waals surface area (Å²) in [6.45, 7) is 4.71. The monoisotopic (exact) mass is 250 g/mol. The number of aliphatic hydroxyl groups excluding tert-OH is 2. The third-order valence-corrected chi connectivity index (χ3v) is 2.68. The molecule has 0 fully saturated rings. The van der Waals surface area contributed by atoms with Crippen LogP contribution in [0, 0.1) is 5.92 Å². The number of hydrogen-bond acceptors (Lipinski definition) is 4. The number of aliphatic hydroxyl groups is 2. The Hall–Kier alpha value is -1.65. The maximum Gasteiger partial charge on any atom is 0.302 e. The zero-order chi connectivity index (χ0) is 13.5. The number of benzene rings is 1. The number of esters is 1. The Morgan fingerprint density at radius 3 is 2.50 bits per heavy atom. The zero-order valence-electron chi connectivity index (χ0n) is 10.3. The highest BCUT2D eigenvalue weighted by molar-refractivity contribution is 5.65. The molecule has 0 heterocycles. The molecule has 0 radical (unpaired) electrons. The van der Waals surface area contributed by atoms with Crippen molar-refractivity contribution in [3.8, 4) is 0 Å². The predicted molar refractivity (Wildman–Crippen MR) is 67.7 cm³/mol. The number of carbonyl (C=O) groups excluding carboxylic acids is 1. The van der Waals surface area contributed by atoms with Crippen molar-refractivity contribution in [3.63, 3.8) is 0 Å². The van der Waals surface area contributed by atoms with E-state index in [0.717, 1.165) is 0 Å². The Morgan fingerprint density at radius 1 is 1.39 bits per heavy atom. The van der Waals surface area contributed by atoms with Crippen LogP contribution >= 0.6 is 0 Å². The fourth-order valence-electron chi connectivity index (χ4n) is 1.68. The van der Waals surface area contributed by atoms with Gasteiger partial charge in [-0.1, -0.05) is 36.4 Å². The molecule has 4 nitrogen and oxygen atoms in total. The first-order valence-electron chi connectivity index (χ1n) is 5.73. The van der Waals surface area contributed by atoms with Gasteiger partial charge in [-0.3, -0.25) is 4.79 Å². The number of rotatable bonds is 6. The highest BCUT2D eigenvalue weighted by Gasteiger charge is 2.26. The summed E-state index contributed by atoms with van der Waals surface area (Å²) >= 11 is 0. The SMILES string of the molecule is C=C[C@@H](C(O)COC(C)=O)[C@@H](O)c1ccccc1. The fourth-order valence-corrected chi connectivity index (χ4v) is 1.68. The molecule has 0 saturated carbocycles. The van der Waals surface area contributed by atoms with Gasteiger partial charge in [0.2, 0.25) is 0 Å². The molecule has 1 aromatic rings. The lowest BCUT2D eigenvalue weighted by Gasteiger charge is -2.24. The molecule has 0 bridgehead atoms. The third-order valence-electron chi connectivity index (χ3n) is 2.68. The van der Waals surface area contributed by atoms with E-state index in [0.29, 0.717) is 5.56 Å². The second kappa shape index (κ2) is 6.93. The first kappa shape index (κ1) is 14.4. The van der Waals surface area contributed by atoms with Crippen LogP contribution in [0.15, 0.2) is 43.0 Å². The van der Waals surface area contributed by atoms with Crippen molar-refractivity contribution < 1.29 is 19.7 Å². The number of carbonyl (C=O) groups is 1. The van der Waals surface area contributed by atoms with Gasteiger partial charge in [-0.05, 0) is 5.56 Å². The lowest BCUT2D eigenvalue weighted by molar-refractivity contribution is -0.145. The Kier molecular flexibility index (Phi) is 5.55. The van der Waals surface area contributed by atoms with Gasteiger partial charge in [0.15, 0.2) is 0 Å². The Balaban J connectivity index is 2.70. The Labute approximate surface area is 107 Å². The molecule has 0 saturated heterocycles. The lowest BCUT2D eigenvalue weighted by Crippen LogP contribution is -2.30. The molecule has 0 aromatic heterocycles. The van der Waals surface area contributed by atoms with E-state index in [2.05, 4.69) is 6.58 Å². The predicted octanol–water partition coefficient (Wildman–Crippen LogP) is 1.45. The molecule has 18 heavy (non-hydrogen) atoms. The normalized spacial score (nSPS) is 15.5. The maximum absolute atomic E-state index is 10.7. The molecule has 0 amide bonds. The van der Waals surface area contributed by atoms with Crippen LogP contribution in [0.1, 0.15) is 18.6 Å². The lowest BCUT2D eigenvalue weighted by atomic mass is 9.91. The van der Waals surface area contributed by atoms with E-state index in [1.807, 2.05) is 6.07 Å². The van der Waals surface area contributed by atoms with Crippen molar-refractivity contribution in [2.75, 3.05) is 6.61 Å². The van der Waals surface area contributed by atoms with Gasteiger partial charge in [-0.25, -0.2) is 0 Å². The van der Waals surface area contributed by atoms with Crippen LogP contribution < -0.4 is 0 Å². The third kappa shape index (κ3) is 3.98. The van der Waals surface area contributed by atoms with Gasteiger partial charge in [0.25, 0.3) is 0 Å². The minimum atomic E-state index is -0.985. The zero-order valence-corrected chi connectivity index (χ0v) is 10.3. The van der Waals surface area contributed by atoms with Crippen molar-refractivity contribution in [2.24, 2.45) is 5.92 Å². The topological polar surface area (TPSA) is 66.8 Å². The molecule has 1 unspecified atom stereocenters. The number of hydrogen-bond donors (Lipinski definition) is 2. The van der Waals surface area contributed by atoms with Crippen molar-refractivity contribution in [1.82, 2.24) is 0 Å². The van der Waals surface area contributed by atoms with Crippen LogP contribution in [0.25, 0.3) is 0 Å². The molecule has 1 rings (SSSR count). The summed E-state index contributed by atoms with van der Waals surface area (Å²) in [5, 5.41) is 20.0. The van der Waals surface area contributed by atoms with E-state index in [4.69, 9.17) is 4.74 Å². The quantitative estimate of drug-likeness (QED) is 0.592. The Bertz CT molecular complexity index is 388. The first-order chi connectivity index (χ1) is 8.56. The van der Waals surface area contributed by atoms with Crippen LogP contribution in [0.4, 0.5) is 0 Å². The standard InChI is InChI=1S/C14H18O4/c1-3-12(13(16)9-18-10(2)15)14(17)11-7-5-4-6-8-11/h3-8,12-14,16-17H,1,9H2,2H3/t12-,13?,14-/m0/s1. The molecule has 0 aliphatic heterocycles. The molecule has 0 aliphatic carbocycles. The summed E-state index contributed by atoms with van der Waals surface area (Å²) in [4.78, 5) is 10.7. The van der Waals surface area contributed by atoms with Gasteiger partial charge in [-0.2, -0.15) is 0 Å². The van der Waals surface area contributed by atoms with Crippen LogP contribution in [-0.4, -0.2) is 28.9 Å². The second-order valence-electron chi connectivity index (χ2n) is 4.04. The summed E-state index contributed by atoms with van der Waals surface area (Å²) in [6.07, 6.45) is -0.401. The molecule has 1 aromatic carbocycles. The van der Waals surface area contributed by atoms with Crippen LogP contribution in [-0.2, 0) is 9.53 Å². The van der Waals surface area contributed by atoms with E-state index < -0.39 is 24.1 Å². The van der Waals surface area contributed by atoms with Crippen LogP contribution in [0.5, 0.6) is 0 Å². The van der Waals surface area contributed by atoms with E-state index in [1.54, 1.807) is 24.3 Å². The van der Waals surface area contributed by atoms with Crippen molar-refractivity contribution >= 4 is 5.97 Å². The summed E-state index contributed by atoms with van der Waals surface area (Å²) in [5.41, 5.74) is 0.685. The average Bonchev–Trinajstić information content (AvgIpc) is 2.38. The van der Waals surface area contributed by atoms with E-state index in [9.17, 15) is 15.0 Å². The van der Waals surface area contributed by atoms with Crippen molar-refractivity contribution in [3.05, 3.63) is 48.6 Å². The van der Waals surface area contributed by atoms with E-state index in [-0.39, 0.29) is 6.61 Å². The summed E-state index contributed by atoms with van der Waals surface area (Å²) < 4.78 is 4.72.